The number of para-hydroxylation sites is 1. The first kappa shape index (κ1) is 14.9. The van der Waals surface area contributed by atoms with E-state index in [0.717, 1.165) is 11.3 Å². The number of Topliss-reactive ketones (excluding diaryl/α,β-unsaturated/α-hetero) is 1. The average Bonchev–Trinajstić information content (AvgIpc) is 2.52. The van der Waals surface area contributed by atoms with Crippen LogP contribution in [0.15, 0.2) is 42.5 Å². The Labute approximate surface area is 124 Å². The lowest BCUT2D eigenvalue weighted by molar-refractivity contribution is 0.101. The molecule has 0 atom stereocenters. The molecule has 0 unspecified atom stereocenters. The van der Waals surface area contributed by atoms with E-state index in [9.17, 15) is 4.79 Å². The van der Waals surface area contributed by atoms with Gasteiger partial charge in [-0.15, -0.1) is 0 Å². The fourth-order valence-electron chi connectivity index (χ4n) is 2.02. The number of hydrogen-bond donors (Lipinski definition) is 0. The molecule has 0 fully saturated rings. The lowest BCUT2D eigenvalue weighted by Gasteiger charge is -2.13. The molecule has 0 radical (unpaired) electrons. The van der Waals surface area contributed by atoms with E-state index in [0.29, 0.717) is 23.7 Å². The zero-order valence-electron chi connectivity index (χ0n) is 12.4. The van der Waals surface area contributed by atoms with Crippen LogP contribution in [-0.4, -0.2) is 20.0 Å². The highest BCUT2D eigenvalue weighted by molar-refractivity contribution is 5.97. The minimum Gasteiger partial charge on any atom is -0.497 e. The SMILES string of the molecule is COc1ccc(C(C)=O)c(OCc2ccccc2OC)c1. The first-order valence-electron chi connectivity index (χ1n) is 6.59. The molecule has 2 rings (SSSR count). The molecule has 0 aromatic heterocycles. The number of rotatable bonds is 6. The molecule has 0 saturated carbocycles. The van der Waals surface area contributed by atoms with Crippen LogP contribution in [-0.2, 0) is 6.61 Å². The van der Waals surface area contributed by atoms with Gasteiger partial charge in [0, 0.05) is 11.6 Å². The summed E-state index contributed by atoms with van der Waals surface area (Å²) in [6.45, 7) is 1.83. The van der Waals surface area contributed by atoms with Crippen LogP contribution in [0.4, 0.5) is 0 Å². The summed E-state index contributed by atoms with van der Waals surface area (Å²) in [6.07, 6.45) is 0. The van der Waals surface area contributed by atoms with Crippen molar-refractivity contribution >= 4 is 5.78 Å². The number of methoxy groups -OCH3 is 2. The van der Waals surface area contributed by atoms with Crippen LogP contribution < -0.4 is 14.2 Å². The molecular formula is C17H18O4. The maximum absolute atomic E-state index is 11.7. The largest absolute Gasteiger partial charge is 0.497 e. The third-order valence-corrected chi connectivity index (χ3v) is 3.14. The highest BCUT2D eigenvalue weighted by Crippen LogP contribution is 2.27. The maximum atomic E-state index is 11.7. The fraction of sp³-hybridized carbons (Fsp3) is 0.235. The number of carbonyl (C=O) groups excluding carboxylic acids is 1. The van der Waals surface area contributed by atoms with Gasteiger partial charge in [0.1, 0.15) is 23.9 Å². The van der Waals surface area contributed by atoms with Gasteiger partial charge in [-0.05, 0) is 25.1 Å². The molecule has 2 aromatic rings. The van der Waals surface area contributed by atoms with E-state index in [1.54, 1.807) is 32.4 Å². The monoisotopic (exact) mass is 286 g/mol. The van der Waals surface area contributed by atoms with Gasteiger partial charge < -0.3 is 14.2 Å². The molecule has 0 heterocycles. The summed E-state index contributed by atoms with van der Waals surface area (Å²) in [6, 6.07) is 12.8. The first-order valence-corrected chi connectivity index (χ1v) is 6.59. The molecule has 0 aliphatic heterocycles. The normalized spacial score (nSPS) is 10.0. The number of benzene rings is 2. The Hall–Kier alpha value is -2.49. The second-order valence-electron chi connectivity index (χ2n) is 4.52. The number of ether oxygens (including phenoxy) is 3. The van der Waals surface area contributed by atoms with E-state index in [-0.39, 0.29) is 5.78 Å². The Bertz CT molecular complexity index is 634. The first-order chi connectivity index (χ1) is 10.2. The van der Waals surface area contributed by atoms with Crippen molar-refractivity contribution in [2.24, 2.45) is 0 Å². The molecule has 2 aromatic carbocycles. The Morgan fingerprint density at radius 2 is 1.76 bits per heavy atom. The summed E-state index contributed by atoms with van der Waals surface area (Å²) in [5.41, 5.74) is 1.45. The van der Waals surface area contributed by atoms with E-state index in [4.69, 9.17) is 14.2 Å². The van der Waals surface area contributed by atoms with Gasteiger partial charge in [-0.2, -0.15) is 0 Å². The van der Waals surface area contributed by atoms with Gasteiger partial charge in [-0.1, -0.05) is 18.2 Å². The molecule has 0 aliphatic rings. The van der Waals surface area contributed by atoms with E-state index < -0.39 is 0 Å². The standard InChI is InChI=1S/C17H18O4/c1-12(18)15-9-8-14(19-2)10-17(15)21-11-13-6-4-5-7-16(13)20-3/h4-10H,11H2,1-3H3. The van der Waals surface area contributed by atoms with E-state index in [1.165, 1.54) is 6.92 Å². The van der Waals surface area contributed by atoms with Crippen LogP contribution in [0.25, 0.3) is 0 Å². The van der Waals surface area contributed by atoms with Crippen LogP contribution in [0.5, 0.6) is 17.2 Å². The molecule has 0 amide bonds. The second kappa shape index (κ2) is 6.79. The highest BCUT2D eigenvalue weighted by Gasteiger charge is 2.11. The van der Waals surface area contributed by atoms with Crippen molar-refractivity contribution in [2.75, 3.05) is 14.2 Å². The quantitative estimate of drug-likeness (QED) is 0.763. The van der Waals surface area contributed by atoms with Gasteiger partial charge >= 0.3 is 0 Å². The molecule has 0 bridgehead atoms. The van der Waals surface area contributed by atoms with Crippen LogP contribution in [0.1, 0.15) is 22.8 Å². The van der Waals surface area contributed by atoms with E-state index >= 15 is 0 Å². The molecular weight excluding hydrogens is 268 g/mol. The summed E-state index contributed by atoms with van der Waals surface area (Å²) in [5.74, 6) is 1.86. The van der Waals surface area contributed by atoms with Gasteiger partial charge in [0.05, 0.1) is 19.8 Å². The van der Waals surface area contributed by atoms with E-state index in [2.05, 4.69) is 0 Å². The highest BCUT2D eigenvalue weighted by atomic mass is 16.5. The molecule has 4 nitrogen and oxygen atoms in total. The van der Waals surface area contributed by atoms with Crippen LogP contribution in [0, 0.1) is 0 Å². The molecule has 0 N–H and O–H groups in total. The molecule has 0 aliphatic carbocycles. The Morgan fingerprint density at radius 3 is 2.43 bits per heavy atom. The third-order valence-electron chi connectivity index (χ3n) is 3.14. The Balaban J connectivity index is 2.24. The maximum Gasteiger partial charge on any atom is 0.163 e. The Morgan fingerprint density at radius 1 is 1.00 bits per heavy atom. The summed E-state index contributed by atoms with van der Waals surface area (Å²) < 4.78 is 16.2. The summed E-state index contributed by atoms with van der Waals surface area (Å²) in [5, 5.41) is 0. The van der Waals surface area contributed by atoms with E-state index in [1.807, 2.05) is 24.3 Å². The summed E-state index contributed by atoms with van der Waals surface area (Å²) in [4.78, 5) is 11.7. The van der Waals surface area contributed by atoms with Crippen LogP contribution in [0.3, 0.4) is 0 Å². The average molecular weight is 286 g/mol. The van der Waals surface area contributed by atoms with Crippen LogP contribution in [0.2, 0.25) is 0 Å². The summed E-state index contributed by atoms with van der Waals surface area (Å²) >= 11 is 0. The second-order valence-corrected chi connectivity index (χ2v) is 4.52. The van der Waals surface area contributed by atoms with Crippen molar-refractivity contribution in [1.82, 2.24) is 0 Å². The smallest absolute Gasteiger partial charge is 0.163 e. The number of ketones is 1. The zero-order chi connectivity index (χ0) is 15.2. The van der Waals surface area contributed by atoms with Crippen molar-refractivity contribution in [3.05, 3.63) is 53.6 Å². The van der Waals surface area contributed by atoms with Gasteiger partial charge in [0.15, 0.2) is 5.78 Å². The molecule has 4 heteroatoms. The predicted molar refractivity (Wildman–Crippen MR) is 80.3 cm³/mol. The number of carbonyl (C=O) groups is 1. The van der Waals surface area contributed by atoms with Gasteiger partial charge in [0.25, 0.3) is 0 Å². The lowest BCUT2D eigenvalue weighted by atomic mass is 10.1. The Kier molecular flexibility index (Phi) is 4.82. The fourth-order valence-corrected chi connectivity index (χ4v) is 2.02. The molecule has 0 spiro atoms. The summed E-state index contributed by atoms with van der Waals surface area (Å²) in [7, 11) is 3.19. The van der Waals surface area contributed by atoms with Gasteiger partial charge in [-0.3, -0.25) is 4.79 Å². The predicted octanol–water partition coefficient (Wildman–Crippen LogP) is 3.49. The number of hydrogen-bond acceptors (Lipinski definition) is 4. The molecule has 0 saturated heterocycles. The molecule has 21 heavy (non-hydrogen) atoms. The lowest BCUT2D eigenvalue weighted by Crippen LogP contribution is -2.03. The van der Waals surface area contributed by atoms with Crippen LogP contribution >= 0.6 is 0 Å². The van der Waals surface area contributed by atoms with Crippen molar-refractivity contribution in [3.63, 3.8) is 0 Å². The van der Waals surface area contributed by atoms with Gasteiger partial charge in [0.2, 0.25) is 0 Å². The zero-order valence-corrected chi connectivity index (χ0v) is 12.4. The third kappa shape index (κ3) is 3.54. The van der Waals surface area contributed by atoms with Crippen molar-refractivity contribution in [1.29, 1.82) is 0 Å². The van der Waals surface area contributed by atoms with Crippen molar-refractivity contribution < 1.29 is 19.0 Å². The van der Waals surface area contributed by atoms with Gasteiger partial charge in [-0.25, -0.2) is 0 Å². The minimum absolute atomic E-state index is 0.0484. The van der Waals surface area contributed by atoms with Crippen molar-refractivity contribution in [3.8, 4) is 17.2 Å². The minimum atomic E-state index is -0.0484. The topological polar surface area (TPSA) is 44.8 Å². The van der Waals surface area contributed by atoms with Crippen molar-refractivity contribution in [2.45, 2.75) is 13.5 Å². The molecule has 110 valence electrons.